The highest BCUT2D eigenvalue weighted by Crippen LogP contribution is 2.11. The van der Waals surface area contributed by atoms with Gasteiger partial charge in [0.05, 0.1) is 0 Å². The van der Waals surface area contributed by atoms with E-state index in [1.54, 1.807) is 30.5 Å². The average Bonchev–Trinajstić information content (AvgIpc) is 3.01. The summed E-state index contributed by atoms with van der Waals surface area (Å²) < 4.78 is 5.32. The van der Waals surface area contributed by atoms with Crippen LogP contribution in [-0.4, -0.2) is 30.5 Å². The summed E-state index contributed by atoms with van der Waals surface area (Å²) in [4.78, 5) is 26.0. The number of aromatic amines is 1. The summed E-state index contributed by atoms with van der Waals surface area (Å²) in [6.45, 7) is 0.559. The predicted molar refractivity (Wildman–Crippen MR) is 78.0 cm³/mol. The molecule has 0 saturated heterocycles. The van der Waals surface area contributed by atoms with E-state index in [1.165, 1.54) is 0 Å². The highest BCUT2D eigenvalue weighted by molar-refractivity contribution is 6.04. The monoisotopic (exact) mass is 287 g/mol. The van der Waals surface area contributed by atoms with Crippen LogP contribution >= 0.6 is 0 Å². The van der Waals surface area contributed by atoms with Crippen LogP contribution in [0.5, 0.6) is 5.75 Å². The molecule has 2 amide bonds. The number of carbonyl (C=O) groups excluding carboxylic acids is 2. The van der Waals surface area contributed by atoms with E-state index in [2.05, 4.69) is 15.6 Å². The van der Waals surface area contributed by atoms with Crippen molar-refractivity contribution in [2.75, 3.05) is 13.7 Å². The Morgan fingerprint density at radius 2 is 1.95 bits per heavy atom. The van der Waals surface area contributed by atoms with Crippen molar-refractivity contribution in [1.29, 1.82) is 0 Å². The molecule has 21 heavy (non-hydrogen) atoms. The molecule has 0 bridgehead atoms. The van der Waals surface area contributed by atoms with E-state index in [4.69, 9.17) is 4.74 Å². The van der Waals surface area contributed by atoms with Crippen LogP contribution in [-0.2, 0) is 11.3 Å². The van der Waals surface area contributed by atoms with Crippen molar-refractivity contribution < 1.29 is 14.3 Å². The van der Waals surface area contributed by atoms with E-state index in [0.717, 1.165) is 12.1 Å². The highest BCUT2D eigenvalue weighted by atomic mass is 16.5. The van der Waals surface area contributed by atoms with E-state index in [-0.39, 0.29) is 6.61 Å². The molecule has 3 N–H and O–H groups in total. The van der Waals surface area contributed by atoms with Crippen molar-refractivity contribution in [3.05, 3.63) is 53.9 Å². The molecule has 6 nitrogen and oxygen atoms in total. The van der Waals surface area contributed by atoms with Gasteiger partial charge in [0.15, 0.2) is 6.61 Å². The molecule has 0 fully saturated rings. The average molecular weight is 287 g/mol. The lowest BCUT2D eigenvalue weighted by molar-refractivity contribution is -0.122. The summed E-state index contributed by atoms with van der Waals surface area (Å²) >= 11 is 0. The number of ether oxygens (including phenoxy) is 1. The van der Waals surface area contributed by atoms with Crippen molar-refractivity contribution in [3.63, 3.8) is 0 Å². The van der Waals surface area contributed by atoms with Crippen LogP contribution in [0.15, 0.2) is 42.6 Å². The van der Waals surface area contributed by atoms with Crippen LogP contribution in [0.3, 0.4) is 0 Å². The third-order valence-electron chi connectivity index (χ3n) is 2.77. The lowest BCUT2D eigenvalue weighted by Crippen LogP contribution is -2.34. The smallest absolute Gasteiger partial charge is 0.274 e. The van der Waals surface area contributed by atoms with Crippen LogP contribution in [0.2, 0.25) is 0 Å². The van der Waals surface area contributed by atoms with Crippen LogP contribution in [0, 0.1) is 0 Å². The molecular weight excluding hydrogens is 270 g/mol. The van der Waals surface area contributed by atoms with E-state index in [1.807, 2.05) is 19.2 Å². The molecule has 0 atom stereocenters. The normalized spacial score (nSPS) is 10.1. The molecule has 6 heteroatoms. The summed E-state index contributed by atoms with van der Waals surface area (Å²) in [5.41, 5.74) is 1.45. The molecule has 2 aromatic rings. The van der Waals surface area contributed by atoms with E-state index >= 15 is 0 Å². The number of carbonyl (C=O) groups is 2. The molecule has 0 aliphatic carbocycles. The number of aromatic nitrogens is 1. The third-order valence-corrected chi connectivity index (χ3v) is 2.77. The number of nitrogens with one attached hydrogen (secondary N) is 3. The Morgan fingerprint density at radius 1 is 1.19 bits per heavy atom. The molecule has 1 heterocycles. The minimum Gasteiger partial charge on any atom is -0.484 e. The van der Waals surface area contributed by atoms with Gasteiger partial charge in [0, 0.05) is 12.7 Å². The number of hydrogen-bond donors (Lipinski definition) is 3. The number of H-pyrrole nitrogens is 1. The Balaban J connectivity index is 1.79. The fourth-order valence-corrected chi connectivity index (χ4v) is 1.76. The second-order valence-electron chi connectivity index (χ2n) is 4.42. The molecular formula is C15H17N3O3. The van der Waals surface area contributed by atoms with Gasteiger partial charge in [-0.15, -0.1) is 0 Å². The third kappa shape index (κ3) is 4.47. The maximum Gasteiger partial charge on any atom is 0.274 e. The highest BCUT2D eigenvalue weighted by Gasteiger charge is 2.11. The summed E-state index contributed by atoms with van der Waals surface area (Å²) in [7, 11) is 1.87. The fraction of sp³-hybridized carbons (Fsp3) is 0.200. The number of imide groups is 1. The Bertz CT molecular complexity index is 591. The first-order valence-corrected chi connectivity index (χ1v) is 6.53. The zero-order valence-corrected chi connectivity index (χ0v) is 11.7. The van der Waals surface area contributed by atoms with Crippen LogP contribution in [0.25, 0.3) is 0 Å². The minimum absolute atomic E-state index is 0.210. The molecule has 110 valence electrons. The molecule has 1 aromatic carbocycles. The topological polar surface area (TPSA) is 83.2 Å². The summed E-state index contributed by atoms with van der Waals surface area (Å²) in [6, 6.07) is 10.7. The molecule has 0 spiro atoms. The summed E-state index contributed by atoms with van der Waals surface area (Å²) in [6.07, 6.45) is 1.61. The lowest BCUT2D eigenvalue weighted by Gasteiger charge is -2.07. The van der Waals surface area contributed by atoms with Crippen molar-refractivity contribution in [3.8, 4) is 5.75 Å². The molecule has 0 radical (unpaired) electrons. The maximum absolute atomic E-state index is 11.6. The SMILES string of the molecule is CNCc1ccc(OCC(=O)NC(=O)c2ccc[nH]2)cc1. The van der Waals surface area contributed by atoms with Crippen LogP contribution in [0.1, 0.15) is 16.1 Å². The Kier molecular flexibility index (Phi) is 5.11. The van der Waals surface area contributed by atoms with Crippen LogP contribution < -0.4 is 15.4 Å². The standard InChI is InChI=1S/C15H17N3O3/c1-16-9-11-4-6-12(7-5-11)21-10-14(19)18-15(20)13-3-2-8-17-13/h2-8,16-17H,9-10H2,1H3,(H,18,19,20). The Hall–Kier alpha value is -2.60. The van der Waals surface area contributed by atoms with Gasteiger partial charge in [-0.05, 0) is 36.9 Å². The van der Waals surface area contributed by atoms with Gasteiger partial charge in [-0.3, -0.25) is 14.9 Å². The Morgan fingerprint density at radius 3 is 2.57 bits per heavy atom. The van der Waals surface area contributed by atoms with Crippen molar-refractivity contribution in [2.24, 2.45) is 0 Å². The van der Waals surface area contributed by atoms with Gasteiger partial charge < -0.3 is 15.0 Å². The van der Waals surface area contributed by atoms with E-state index in [9.17, 15) is 9.59 Å². The van der Waals surface area contributed by atoms with E-state index in [0.29, 0.717) is 11.4 Å². The van der Waals surface area contributed by atoms with E-state index < -0.39 is 11.8 Å². The van der Waals surface area contributed by atoms with Gasteiger partial charge in [-0.2, -0.15) is 0 Å². The van der Waals surface area contributed by atoms with Gasteiger partial charge >= 0.3 is 0 Å². The number of benzene rings is 1. The first-order valence-electron chi connectivity index (χ1n) is 6.53. The predicted octanol–water partition coefficient (Wildman–Crippen LogP) is 1.07. The summed E-state index contributed by atoms with van der Waals surface area (Å²) in [5.74, 6) is -0.385. The fourth-order valence-electron chi connectivity index (χ4n) is 1.76. The molecule has 0 aliphatic heterocycles. The van der Waals surface area contributed by atoms with Gasteiger partial charge in [-0.1, -0.05) is 12.1 Å². The molecule has 0 unspecified atom stereocenters. The number of hydrogen-bond acceptors (Lipinski definition) is 4. The molecule has 0 saturated carbocycles. The van der Waals surface area contributed by atoms with Gasteiger partial charge in [-0.25, -0.2) is 0 Å². The van der Waals surface area contributed by atoms with Gasteiger partial charge in [0.2, 0.25) is 0 Å². The minimum atomic E-state index is -0.492. The second kappa shape index (κ2) is 7.25. The van der Waals surface area contributed by atoms with Crippen molar-refractivity contribution in [1.82, 2.24) is 15.6 Å². The molecule has 1 aromatic heterocycles. The Labute approximate surface area is 122 Å². The summed E-state index contributed by atoms with van der Waals surface area (Å²) in [5, 5.41) is 5.28. The lowest BCUT2D eigenvalue weighted by atomic mass is 10.2. The molecule has 0 aliphatic rings. The largest absolute Gasteiger partial charge is 0.484 e. The first kappa shape index (κ1) is 14.8. The number of amides is 2. The first-order chi connectivity index (χ1) is 10.2. The second-order valence-corrected chi connectivity index (χ2v) is 4.42. The maximum atomic E-state index is 11.6. The molecule has 2 rings (SSSR count). The zero-order valence-electron chi connectivity index (χ0n) is 11.7. The van der Waals surface area contributed by atoms with Gasteiger partial charge in [0.1, 0.15) is 11.4 Å². The zero-order chi connectivity index (χ0) is 15.1. The van der Waals surface area contributed by atoms with Crippen molar-refractivity contribution >= 4 is 11.8 Å². The van der Waals surface area contributed by atoms with Crippen molar-refractivity contribution in [2.45, 2.75) is 6.54 Å². The number of rotatable bonds is 6. The van der Waals surface area contributed by atoms with Gasteiger partial charge in [0.25, 0.3) is 11.8 Å². The quantitative estimate of drug-likeness (QED) is 0.742. The van der Waals surface area contributed by atoms with Crippen LogP contribution in [0.4, 0.5) is 0 Å².